The van der Waals surface area contributed by atoms with E-state index < -0.39 is 0 Å². The molecule has 1 saturated carbocycles. The highest BCUT2D eigenvalue weighted by molar-refractivity contribution is 5.20. The average Bonchev–Trinajstić information content (AvgIpc) is 2.58. The molecule has 4 nitrogen and oxygen atoms in total. The zero-order valence-electron chi connectivity index (χ0n) is 13.5. The molecule has 0 spiro atoms. The summed E-state index contributed by atoms with van der Waals surface area (Å²) in [5.74, 6) is 0.381. The van der Waals surface area contributed by atoms with Crippen molar-refractivity contribution < 1.29 is 4.74 Å². The van der Waals surface area contributed by atoms with Gasteiger partial charge in [-0.15, -0.1) is 0 Å². The molecule has 1 aromatic rings. The van der Waals surface area contributed by atoms with Crippen LogP contribution in [0.2, 0.25) is 0 Å². The Labute approximate surface area is 126 Å². The van der Waals surface area contributed by atoms with Crippen LogP contribution in [0.3, 0.4) is 0 Å². The highest BCUT2D eigenvalue weighted by Crippen LogP contribution is 2.52. The Hall–Kier alpha value is -1.29. The molecule has 1 saturated heterocycles. The summed E-state index contributed by atoms with van der Waals surface area (Å²) in [5, 5.41) is 0. The topological polar surface area (TPSA) is 45.3 Å². The molecule has 0 aromatic carbocycles. The van der Waals surface area contributed by atoms with Crippen molar-refractivity contribution in [2.45, 2.75) is 52.6 Å². The van der Waals surface area contributed by atoms with E-state index in [0.717, 1.165) is 18.8 Å². The van der Waals surface area contributed by atoms with Crippen LogP contribution in [-0.4, -0.2) is 29.6 Å². The van der Waals surface area contributed by atoms with Crippen LogP contribution in [0.4, 0.5) is 0 Å². The highest BCUT2D eigenvalue weighted by atomic mass is 16.5. The van der Waals surface area contributed by atoms with Crippen molar-refractivity contribution >= 4 is 0 Å². The quantitative estimate of drug-likeness (QED) is 0.931. The maximum absolute atomic E-state index is 11.9. The first kappa shape index (κ1) is 14.6. The molecule has 1 aliphatic carbocycles. The van der Waals surface area contributed by atoms with Crippen LogP contribution in [0, 0.1) is 10.8 Å². The number of aromatic amines is 1. The Balaban J connectivity index is 1.77. The third-order valence-corrected chi connectivity index (χ3v) is 5.05. The van der Waals surface area contributed by atoms with Gasteiger partial charge in [-0.3, -0.25) is 9.69 Å². The standard InChI is InChI=1S/C17H26N2O2/c1-16(2)6-13-7-17(3,10-16)11-19(13)9-12-5-14(20)15(21-4)8-18-12/h5,8,13H,6-7,9-11H2,1-4H3,(H,18,20)/t13-,17-/m1/s1. The van der Waals surface area contributed by atoms with Crippen LogP contribution >= 0.6 is 0 Å². The summed E-state index contributed by atoms with van der Waals surface area (Å²) in [6, 6.07) is 2.32. The van der Waals surface area contributed by atoms with Gasteiger partial charge in [0.1, 0.15) is 0 Å². The van der Waals surface area contributed by atoms with E-state index >= 15 is 0 Å². The van der Waals surface area contributed by atoms with Crippen molar-refractivity contribution in [1.29, 1.82) is 0 Å². The summed E-state index contributed by atoms with van der Waals surface area (Å²) in [5.41, 5.74) is 1.80. The van der Waals surface area contributed by atoms with Crippen LogP contribution in [-0.2, 0) is 6.54 Å². The number of hydrogen-bond donors (Lipinski definition) is 1. The minimum absolute atomic E-state index is 0.0417. The zero-order chi connectivity index (χ0) is 15.3. The first-order valence-electron chi connectivity index (χ1n) is 7.80. The lowest BCUT2D eigenvalue weighted by Gasteiger charge is -2.39. The van der Waals surface area contributed by atoms with Crippen molar-refractivity contribution in [3.8, 4) is 5.75 Å². The molecule has 3 rings (SSSR count). The molecule has 0 amide bonds. The van der Waals surface area contributed by atoms with Crippen molar-refractivity contribution in [1.82, 2.24) is 9.88 Å². The van der Waals surface area contributed by atoms with Crippen LogP contribution in [0.5, 0.6) is 5.75 Å². The number of ether oxygens (including phenoxy) is 1. The predicted octanol–water partition coefficient (Wildman–Crippen LogP) is 2.78. The van der Waals surface area contributed by atoms with Gasteiger partial charge in [0.25, 0.3) is 0 Å². The summed E-state index contributed by atoms with van der Waals surface area (Å²) in [7, 11) is 1.52. The molecule has 21 heavy (non-hydrogen) atoms. The van der Waals surface area contributed by atoms with Crippen molar-refractivity contribution in [3.05, 3.63) is 28.2 Å². The predicted molar refractivity (Wildman–Crippen MR) is 83.6 cm³/mol. The zero-order valence-corrected chi connectivity index (χ0v) is 13.5. The fraction of sp³-hybridized carbons (Fsp3) is 0.706. The number of nitrogens with one attached hydrogen (secondary N) is 1. The summed E-state index contributed by atoms with van der Waals surface area (Å²) >= 11 is 0. The summed E-state index contributed by atoms with van der Waals surface area (Å²) < 4.78 is 5.03. The molecule has 1 N–H and O–H groups in total. The fourth-order valence-corrected chi connectivity index (χ4v) is 4.73. The minimum Gasteiger partial charge on any atom is -0.491 e. The molecule has 0 radical (unpaired) electrons. The number of likely N-dealkylation sites (tertiary alicyclic amines) is 1. The molecule has 2 aliphatic rings. The number of methoxy groups -OCH3 is 1. The van der Waals surface area contributed by atoms with Crippen molar-refractivity contribution in [2.24, 2.45) is 10.8 Å². The number of pyridine rings is 1. The van der Waals surface area contributed by atoms with E-state index in [2.05, 4.69) is 30.7 Å². The molecule has 2 heterocycles. The van der Waals surface area contributed by atoms with Crippen molar-refractivity contribution in [2.75, 3.05) is 13.7 Å². The number of hydrogen-bond acceptors (Lipinski definition) is 3. The summed E-state index contributed by atoms with van der Waals surface area (Å²) in [4.78, 5) is 17.6. The maximum atomic E-state index is 11.9. The lowest BCUT2D eigenvalue weighted by Crippen LogP contribution is -2.34. The molecule has 4 heteroatoms. The van der Waals surface area contributed by atoms with E-state index in [4.69, 9.17) is 4.74 Å². The minimum atomic E-state index is -0.0417. The first-order valence-corrected chi connectivity index (χ1v) is 7.80. The monoisotopic (exact) mass is 290 g/mol. The molecular weight excluding hydrogens is 264 g/mol. The van der Waals surface area contributed by atoms with Gasteiger partial charge < -0.3 is 9.72 Å². The Morgan fingerprint density at radius 2 is 2.14 bits per heavy atom. The third-order valence-electron chi connectivity index (χ3n) is 5.05. The van der Waals surface area contributed by atoms with Gasteiger partial charge >= 0.3 is 0 Å². The number of fused-ring (bicyclic) bond motifs is 2. The molecule has 116 valence electrons. The number of nitrogens with zero attached hydrogens (tertiary/aromatic N) is 1. The van der Waals surface area contributed by atoms with Gasteiger partial charge in [0.2, 0.25) is 5.43 Å². The molecule has 2 atom stereocenters. The Bertz CT molecular complexity index is 593. The van der Waals surface area contributed by atoms with Crippen molar-refractivity contribution in [3.63, 3.8) is 0 Å². The lowest BCUT2D eigenvalue weighted by atomic mass is 9.65. The van der Waals surface area contributed by atoms with Gasteiger partial charge in [-0.05, 0) is 30.1 Å². The maximum Gasteiger partial charge on any atom is 0.223 e. The van der Waals surface area contributed by atoms with Crippen LogP contribution in [0.1, 0.15) is 45.7 Å². The van der Waals surface area contributed by atoms with Gasteiger partial charge in [-0.1, -0.05) is 20.8 Å². The Kier molecular flexibility index (Phi) is 3.40. The summed E-state index contributed by atoms with van der Waals surface area (Å²) in [6.45, 7) is 9.15. The van der Waals surface area contributed by atoms with E-state index in [1.807, 2.05) is 0 Å². The van der Waals surface area contributed by atoms with Crippen LogP contribution in [0.25, 0.3) is 0 Å². The number of H-pyrrole nitrogens is 1. The summed E-state index contributed by atoms with van der Waals surface area (Å²) in [6.07, 6.45) is 5.51. The lowest BCUT2D eigenvalue weighted by molar-refractivity contribution is 0.126. The highest BCUT2D eigenvalue weighted by Gasteiger charge is 2.49. The number of rotatable bonds is 3. The van der Waals surface area contributed by atoms with E-state index in [1.165, 1.54) is 26.4 Å². The van der Waals surface area contributed by atoms with E-state index in [9.17, 15) is 4.79 Å². The second-order valence-corrected chi connectivity index (χ2v) is 8.01. The van der Waals surface area contributed by atoms with Gasteiger partial charge in [0.15, 0.2) is 5.75 Å². The second kappa shape index (κ2) is 4.87. The van der Waals surface area contributed by atoms with E-state index in [-0.39, 0.29) is 5.43 Å². The van der Waals surface area contributed by atoms with E-state index in [1.54, 1.807) is 12.3 Å². The molecule has 2 bridgehead atoms. The number of aromatic nitrogens is 1. The molecule has 1 aliphatic heterocycles. The smallest absolute Gasteiger partial charge is 0.223 e. The SMILES string of the molecule is COc1c[nH]c(CN2C[C@]3(C)C[C@H]2CC(C)(C)C3)cc1=O. The largest absolute Gasteiger partial charge is 0.491 e. The van der Waals surface area contributed by atoms with Crippen LogP contribution < -0.4 is 10.2 Å². The molecular formula is C17H26N2O2. The Morgan fingerprint density at radius 3 is 2.81 bits per heavy atom. The normalized spacial score (nSPS) is 31.3. The third kappa shape index (κ3) is 2.86. The average molecular weight is 290 g/mol. The molecule has 0 unspecified atom stereocenters. The molecule has 2 fully saturated rings. The molecule has 1 aromatic heterocycles. The second-order valence-electron chi connectivity index (χ2n) is 8.01. The van der Waals surface area contributed by atoms with E-state index in [0.29, 0.717) is 22.6 Å². The van der Waals surface area contributed by atoms with Gasteiger partial charge in [-0.25, -0.2) is 0 Å². The van der Waals surface area contributed by atoms with Gasteiger partial charge in [0, 0.05) is 37.1 Å². The first-order chi connectivity index (χ1) is 9.80. The Morgan fingerprint density at radius 1 is 1.38 bits per heavy atom. The van der Waals surface area contributed by atoms with Crippen LogP contribution in [0.15, 0.2) is 17.1 Å². The van der Waals surface area contributed by atoms with Gasteiger partial charge in [-0.2, -0.15) is 0 Å². The fourth-order valence-electron chi connectivity index (χ4n) is 4.73. The van der Waals surface area contributed by atoms with Gasteiger partial charge in [0.05, 0.1) is 7.11 Å².